The number of nitrogens with one attached hydrogen (secondary N) is 2. The van der Waals surface area contributed by atoms with Gasteiger partial charge in [0.1, 0.15) is 5.69 Å². The first-order valence-corrected chi connectivity index (χ1v) is 6.71. The molecule has 2 rings (SSSR count). The van der Waals surface area contributed by atoms with Gasteiger partial charge in [-0.2, -0.15) is 5.10 Å². The minimum atomic E-state index is -0.0728. The van der Waals surface area contributed by atoms with E-state index < -0.39 is 0 Å². The summed E-state index contributed by atoms with van der Waals surface area (Å²) in [6.07, 6.45) is 2.14. The van der Waals surface area contributed by atoms with Crippen molar-refractivity contribution in [1.29, 1.82) is 0 Å². The summed E-state index contributed by atoms with van der Waals surface area (Å²) < 4.78 is 7.33. The Bertz CT molecular complexity index is 450. The van der Waals surface area contributed by atoms with Gasteiger partial charge in [-0.05, 0) is 33.2 Å². The number of hydrogen-bond acceptors (Lipinski definition) is 4. The highest BCUT2D eigenvalue weighted by Crippen LogP contribution is 2.20. The third kappa shape index (κ3) is 3.47. The van der Waals surface area contributed by atoms with E-state index in [2.05, 4.69) is 15.7 Å². The third-order valence-electron chi connectivity index (χ3n) is 3.45. The molecule has 106 valence electrons. The zero-order valence-corrected chi connectivity index (χ0v) is 11.8. The number of aromatic nitrogens is 2. The van der Waals surface area contributed by atoms with Crippen LogP contribution in [-0.4, -0.2) is 41.4 Å². The number of piperidine rings is 1. The van der Waals surface area contributed by atoms with Gasteiger partial charge < -0.3 is 15.4 Å². The van der Waals surface area contributed by atoms with Crippen LogP contribution in [0.4, 0.5) is 0 Å². The first-order valence-electron chi connectivity index (χ1n) is 6.71. The number of ether oxygens (including phenoxy) is 1. The molecular weight excluding hydrogens is 244 g/mol. The Labute approximate surface area is 113 Å². The highest BCUT2D eigenvalue weighted by atomic mass is 16.5. The molecule has 1 aromatic heterocycles. The molecule has 1 aliphatic rings. The number of aryl methyl sites for hydroxylation is 2. The van der Waals surface area contributed by atoms with Gasteiger partial charge in [0, 0.05) is 19.6 Å². The van der Waals surface area contributed by atoms with Crippen molar-refractivity contribution < 1.29 is 9.53 Å². The second-order valence-corrected chi connectivity index (χ2v) is 5.02. The summed E-state index contributed by atoms with van der Waals surface area (Å²) >= 11 is 0. The maximum Gasteiger partial charge on any atom is 0.258 e. The van der Waals surface area contributed by atoms with Crippen molar-refractivity contribution in [1.82, 2.24) is 20.4 Å². The Morgan fingerprint density at radius 1 is 1.58 bits per heavy atom. The highest BCUT2D eigenvalue weighted by molar-refractivity contribution is 5.77. The molecule has 0 saturated carbocycles. The first kappa shape index (κ1) is 13.9. The minimum absolute atomic E-state index is 0.0455. The van der Waals surface area contributed by atoms with Crippen molar-refractivity contribution in [2.45, 2.75) is 32.7 Å². The van der Waals surface area contributed by atoms with Crippen LogP contribution in [0.2, 0.25) is 0 Å². The summed E-state index contributed by atoms with van der Waals surface area (Å²) in [5.41, 5.74) is 1.75. The van der Waals surface area contributed by atoms with Crippen molar-refractivity contribution in [3.05, 3.63) is 11.4 Å². The van der Waals surface area contributed by atoms with Crippen molar-refractivity contribution in [2.75, 3.05) is 19.7 Å². The number of amides is 1. The second-order valence-electron chi connectivity index (χ2n) is 5.02. The molecule has 19 heavy (non-hydrogen) atoms. The van der Waals surface area contributed by atoms with Crippen LogP contribution >= 0.6 is 0 Å². The van der Waals surface area contributed by atoms with Gasteiger partial charge in [-0.25, -0.2) is 0 Å². The topological polar surface area (TPSA) is 68.2 Å². The first-order chi connectivity index (χ1) is 9.08. The van der Waals surface area contributed by atoms with Gasteiger partial charge in [-0.3, -0.25) is 9.48 Å². The van der Waals surface area contributed by atoms with Crippen LogP contribution in [0, 0.1) is 13.8 Å². The normalized spacial score (nSPS) is 19.2. The lowest BCUT2D eigenvalue weighted by atomic mass is 10.1. The molecule has 2 heterocycles. The highest BCUT2D eigenvalue weighted by Gasteiger charge is 2.17. The molecule has 2 N–H and O–H groups in total. The number of hydrogen-bond donors (Lipinski definition) is 2. The Kier molecular flexibility index (Phi) is 4.42. The fourth-order valence-corrected chi connectivity index (χ4v) is 2.35. The van der Waals surface area contributed by atoms with E-state index in [0.717, 1.165) is 37.3 Å². The lowest BCUT2D eigenvalue weighted by molar-refractivity contribution is -0.123. The standard InChI is InChI=1S/C13H22N4O2/c1-9-13(10(2)17(3)16-9)19-8-12(18)15-11-5-4-6-14-7-11/h11,14H,4-8H2,1-3H3,(H,15,18). The van der Waals surface area contributed by atoms with E-state index in [1.165, 1.54) is 0 Å². The maximum atomic E-state index is 11.8. The van der Waals surface area contributed by atoms with Crippen LogP contribution in [0.3, 0.4) is 0 Å². The fraction of sp³-hybridized carbons (Fsp3) is 0.692. The average molecular weight is 266 g/mol. The quantitative estimate of drug-likeness (QED) is 0.821. The molecule has 0 radical (unpaired) electrons. The Balaban J connectivity index is 1.82. The van der Waals surface area contributed by atoms with E-state index in [-0.39, 0.29) is 18.6 Å². The van der Waals surface area contributed by atoms with Crippen molar-refractivity contribution in [2.24, 2.45) is 7.05 Å². The molecule has 6 heteroatoms. The summed E-state index contributed by atoms with van der Waals surface area (Å²) in [4.78, 5) is 11.8. The van der Waals surface area contributed by atoms with Crippen LogP contribution in [0.1, 0.15) is 24.2 Å². The molecule has 1 amide bonds. The average Bonchev–Trinajstić information content (AvgIpc) is 2.62. The molecule has 1 unspecified atom stereocenters. The van der Waals surface area contributed by atoms with Crippen LogP contribution < -0.4 is 15.4 Å². The number of carbonyl (C=O) groups excluding carboxylic acids is 1. The number of nitrogens with zero attached hydrogens (tertiary/aromatic N) is 2. The monoisotopic (exact) mass is 266 g/mol. The van der Waals surface area contributed by atoms with E-state index in [4.69, 9.17) is 4.74 Å². The SMILES string of the molecule is Cc1nn(C)c(C)c1OCC(=O)NC1CCCNC1. The van der Waals surface area contributed by atoms with Crippen LogP contribution in [0.5, 0.6) is 5.75 Å². The van der Waals surface area contributed by atoms with E-state index >= 15 is 0 Å². The molecule has 1 atom stereocenters. The van der Waals surface area contributed by atoms with Gasteiger partial charge in [-0.15, -0.1) is 0 Å². The summed E-state index contributed by atoms with van der Waals surface area (Å²) in [7, 11) is 1.86. The molecule has 1 aromatic rings. The predicted molar refractivity (Wildman–Crippen MR) is 72.2 cm³/mol. The lowest BCUT2D eigenvalue weighted by Crippen LogP contribution is -2.47. The van der Waals surface area contributed by atoms with Gasteiger partial charge in [0.15, 0.2) is 12.4 Å². The van der Waals surface area contributed by atoms with Crippen LogP contribution in [0.15, 0.2) is 0 Å². The Morgan fingerprint density at radius 2 is 2.37 bits per heavy atom. The van der Waals surface area contributed by atoms with Crippen LogP contribution in [0.25, 0.3) is 0 Å². The largest absolute Gasteiger partial charge is 0.480 e. The van der Waals surface area contributed by atoms with Gasteiger partial charge in [0.25, 0.3) is 5.91 Å². The van der Waals surface area contributed by atoms with Crippen molar-refractivity contribution in [3.63, 3.8) is 0 Å². The molecule has 1 aliphatic heterocycles. The molecule has 6 nitrogen and oxygen atoms in total. The molecule has 0 aliphatic carbocycles. The lowest BCUT2D eigenvalue weighted by Gasteiger charge is -2.23. The second kappa shape index (κ2) is 6.06. The Morgan fingerprint density at radius 3 is 2.95 bits per heavy atom. The third-order valence-corrected chi connectivity index (χ3v) is 3.45. The summed E-state index contributed by atoms with van der Waals surface area (Å²) in [6, 6.07) is 0.223. The van der Waals surface area contributed by atoms with Gasteiger partial charge in [-0.1, -0.05) is 0 Å². The van der Waals surface area contributed by atoms with Crippen molar-refractivity contribution >= 4 is 5.91 Å². The number of rotatable bonds is 4. The molecule has 0 spiro atoms. The predicted octanol–water partition coefficient (Wildman–Crippen LogP) is 0.284. The summed E-state index contributed by atoms with van der Waals surface area (Å²) in [5.74, 6) is 0.635. The molecular formula is C13H22N4O2. The number of carbonyl (C=O) groups is 1. The van der Waals surface area contributed by atoms with Crippen LogP contribution in [-0.2, 0) is 11.8 Å². The van der Waals surface area contributed by atoms with E-state index in [1.54, 1.807) is 4.68 Å². The van der Waals surface area contributed by atoms with Gasteiger partial charge in [0.05, 0.1) is 5.69 Å². The molecule has 0 bridgehead atoms. The fourth-order valence-electron chi connectivity index (χ4n) is 2.35. The molecule has 1 saturated heterocycles. The summed E-state index contributed by atoms with van der Waals surface area (Å²) in [5, 5.41) is 10.5. The van der Waals surface area contributed by atoms with E-state index in [9.17, 15) is 4.79 Å². The smallest absolute Gasteiger partial charge is 0.258 e. The van der Waals surface area contributed by atoms with E-state index in [0.29, 0.717) is 5.75 Å². The Hall–Kier alpha value is -1.56. The zero-order chi connectivity index (χ0) is 13.8. The maximum absolute atomic E-state index is 11.8. The minimum Gasteiger partial charge on any atom is -0.480 e. The molecule has 1 fully saturated rings. The molecule has 0 aromatic carbocycles. The summed E-state index contributed by atoms with van der Waals surface area (Å²) in [6.45, 7) is 5.74. The van der Waals surface area contributed by atoms with E-state index in [1.807, 2.05) is 20.9 Å². The zero-order valence-electron chi connectivity index (χ0n) is 11.8. The van der Waals surface area contributed by atoms with Gasteiger partial charge in [0.2, 0.25) is 0 Å². The van der Waals surface area contributed by atoms with Gasteiger partial charge >= 0.3 is 0 Å². The van der Waals surface area contributed by atoms with Crippen molar-refractivity contribution in [3.8, 4) is 5.75 Å².